The molecule has 0 aromatic rings. The molecule has 0 aromatic carbocycles. The number of aliphatic carboxylic acids is 1. The lowest BCUT2D eigenvalue weighted by molar-refractivity contribution is -0.147. The van der Waals surface area contributed by atoms with Gasteiger partial charge in [0.25, 0.3) is 0 Å². The molecule has 0 saturated heterocycles. The number of phosphoric acid groups is 1. The van der Waals surface area contributed by atoms with Gasteiger partial charge in [0.2, 0.25) is 5.91 Å². The number of nitrogens with one attached hydrogen (secondary N) is 1. The van der Waals surface area contributed by atoms with Crippen molar-refractivity contribution in [2.45, 2.75) is 199 Å². The Morgan fingerprint density at radius 2 is 0.939 bits per heavy atom. The summed E-state index contributed by atoms with van der Waals surface area (Å²) in [4.78, 5) is 45.6. The summed E-state index contributed by atoms with van der Waals surface area (Å²) in [5.41, 5.74) is 0. The van der Waals surface area contributed by atoms with Crippen molar-refractivity contribution in [3.05, 3.63) is 0 Å². The van der Waals surface area contributed by atoms with Crippen molar-refractivity contribution >= 4 is 25.7 Å². The maximum Gasteiger partial charge on any atom is 0.472 e. The van der Waals surface area contributed by atoms with Crippen LogP contribution in [-0.2, 0) is 32.7 Å². The SMILES string of the molecule is CCCCCCCCCCCCCCCCCC(=O)OCC(O)COP(=O)(O)OCC(NC(=O)CCCCCCCCCCCC)C(=O)O. The summed E-state index contributed by atoms with van der Waals surface area (Å²) in [6.07, 6.45) is 28.5. The fraction of sp³-hybridized carbons (Fsp3) is 0.919. The van der Waals surface area contributed by atoms with Crippen LogP contribution in [0.25, 0.3) is 0 Å². The molecule has 12 heteroatoms. The summed E-state index contributed by atoms with van der Waals surface area (Å²) >= 11 is 0. The monoisotopic (exact) mass is 721 g/mol. The third-order valence-electron chi connectivity index (χ3n) is 8.65. The number of hydrogen-bond acceptors (Lipinski definition) is 8. The summed E-state index contributed by atoms with van der Waals surface area (Å²) < 4.78 is 26.7. The third-order valence-corrected chi connectivity index (χ3v) is 9.60. The fourth-order valence-electron chi connectivity index (χ4n) is 5.55. The molecule has 0 radical (unpaired) electrons. The number of carbonyl (C=O) groups is 3. The lowest BCUT2D eigenvalue weighted by Gasteiger charge is -2.18. The molecule has 0 aliphatic carbocycles. The van der Waals surface area contributed by atoms with Gasteiger partial charge in [0.15, 0.2) is 6.04 Å². The molecule has 0 aliphatic rings. The lowest BCUT2D eigenvalue weighted by Crippen LogP contribution is -2.43. The maximum atomic E-state index is 12.2. The number of ether oxygens (including phenoxy) is 1. The number of unbranched alkanes of at least 4 members (excludes halogenated alkanes) is 23. The molecule has 3 unspecified atom stereocenters. The summed E-state index contributed by atoms with van der Waals surface area (Å²) in [5.74, 6) is -2.36. The number of rotatable bonds is 37. The van der Waals surface area contributed by atoms with E-state index in [0.717, 1.165) is 38.5 Å². The van der Waals surface area contributed by atoms with Crippen molar-refractivity contribution in [2.75, 3.05) is 19.8 Å². The van der Waals surface area contributed by atoms with Crippen molar-refractivity contribution < 1.29 is 47.8 Å². The highest BCUT2D eigenvalue weighted by atomic mass is 31.2. The first-order chi connectivity index (χ1) is 23.6. The van der Waals surface area contributed by atoms with Crippen LogP contribution in [0.1, 0.15) is 187 Å². The largest absolute Gasteiger partial charge is 0.480 e. The van der Waals surface area contributed by atoms with Gasteiger partial charge in [0, 0.05) is 12.8 Å². The molecule has 3 atom stereocenters. The van der Waals surface area contributed by atoms with E-state index < -0.39 is 57.6 Å². The van der Waals surface area contributed by atoms with Gasteiger partial charge in [-0.3, -0.25) is 18.6 Å². The average Bonchev–Trinajstić information content (AvgIpc) is 3.07. The Morgan fingerprint density at radius 1 is 0.571 bits per heavy atom. The predicted molar refractivity (Wildman–Crippen MR) is 194 cm³/mol. The maximum absolute atomic E-state index is 12.2. The van der Waals surface area contributed by atoms with E-state index in [9.17, 15) is 34.1 Å². The molecule has 0 bridgehead atoms. The Morgan fingerprint density at radius 3 is 1.35 bits per heavy atom. The number of carbonyl (C=O) groups excluding carboxylic acids is 2. The topological polar surface area (TPSA) is 169 Å². The van der Waals surface area contributed by atoms with E-state index in [4.69, 9.17) is 13.8 Å². The van der Waals surface area contributed by atoms with Crippen LogP contribution in [0, 0.1) is 0 Å². The van der Waals surface area contributed by atoms with Crippen molar-refractivity contribution in [3.8, 4) is 0 Å². The van der Waals surface area contributed by atoms with Crippen LogP contribution in [0.4, 0.5) is 0 Å². The Bertz CT molecular complexity index is 859. The Kier molecular flexibility index (Phi) is 32.6. The minimum Gasteiger partial charge on any atom is -0.480 e. The minimum atomic E-state index is -4.74. The van der Waals surface area contributed by atoms with Gasteiger partial charge < -0.3 is 25.2 Å². The highest BCUT2D eigenvalue weighted by Gasteiger charge is 2.28. The third kappa shape index (κ3) is 33.4. The number of hydrogen-bond donors (Lipinski definition) is 4. The van der Waals surface area contributed by atoms with E-state index >= 15 is 0 Å². The second-order valence-electron chi connectivity index (χ2n) is 13.5. The highest BCUT2D eigenvalue weighted by molar-refractivity contribution is 7.47. The molecule has 0 fully saturated rings. The molecule has 49 heavy (non-hydrogen) atoms. The Labute approximate surface area is 297 Å². The standard InChI is InChI=1S/C37H72NO10P/c1-3-5-7-9-11-13-15-16-17-18-19-21-23-25-27-29-36(41)46-30-33(39)31-47-49(44,45)48-32-34(37(42)43)38-35(40)28-26-24-22-20-14-12-10-8-6-4-2/h33-34,39H,3-32H2,1-2H3,(H,38,40)(H,42,43)(H,44,45). The first-order valence-electron chi connectivity index (χ1n) is 19.6. The second-order valence-corrected chi connectivity index (χ2v) is 14.9. The van der Waals surface area contributed by atoms with Gasteiger partial charge in [0.05, 0.1) is 13.2 Å². The summed E-state index contributed by atoms with van der Waals surface area (Å²) in [7, 11) is -4.74. The number of aliphatic hydroxyl groups excluding tert-OH is 1. The van der Waals surface area contributed by atoms with Crippen LogP contribution in [0.15, 0.2) is 0 Å². The zero-order valence-electron chi connectivity index (χ0n) is 31.0. The van der Waals surface area contributed by atoms with Gasteiger partial charge >= 0.3 is 19.8 Å². The Balaban J connectivity index is 3.90. The summed E-state index contributed by atoms with van der Waals surface area (Å²) in [6.45, 7) is 2.57. The van der Waals surface area contributed by atoms with E-state index in [1.807, 2.05) is 0 Å². The van der Waals surface area contributed by atoms with Crippen molar-refractivity contribution in [1.82, 2.24) is 5.32 Å². The van der Waals surface area contributed by atoms with Gasteiger partial charge in [-0.1, -0.05) is 162 Å². The Hall–Kier alpha value is -1.52. The van der Waals surface area contributed by atoms with Crippen LogP contribution >= 0.6 is 7.82 Å². The molecule has 4 N–H and O–H groups in total. The molecule has 11 nitrogen and oxygen atoms in total. The van der Waals surface area contributed by atoms with E-state index in [1.165, 1.54) is 109 Å². The quantitative estimate of drug-likeness (QED) is 0.0276. The molecule has 1 amide bonds. The summed E-state index contributed by atoms with van der Waals surface area (Å²) in [6, 6.07) is -1.54. The molecule has 290 valence electrons. The van der Waals surface area contributed by atoms with Crippen LogP contribution in [-0.4, -0.2) is 64.9 Å². The molecule has 0 saturated carbocycles. The highest BCUT2D eigenvalue weighted by Crippen LogP contribution is 2.43. The molecule has 0 rings (SSSR count). The van der Waals surface area contributed by atoms with Crippen molar-refractivity contribution in [1.29, 1.82) is 0 Å². The minimum absolute atomic E-state index is 0.151. The zero-order valence-corrected chi connectivity index (χ0v) is 31.9. The fourth-order valence-corrected chi connectivity index (χ4v) is 6.32. The number of phosphoric ester groups is 1. The van der Waals surface area contributed by atoms with E-state index in [2.05, 4.69) is 19.2 Å². The number of amides is 1. The van der Waals surface area contributed by atoms with Gasteiger partial charge in [-0.2, -0.15) is 0 Å². The molecular formula is C37H72NO10P. The summed E-state index contributed by atoms with van der Waals surface area (Å²) in [5, 5.41) is 21.7. The van der Waals surface area contributed by atoms with Gasteiger partial charge in [-0.15, -0.1) is 0 Å². The van der Waals surface area contributed by atoms with Gasteiger partial charge in [-0.05, 0) is 12.8 Å². The lowest BCUT2D eigenvalue weighted by atomic mass is 10.0. The molecule has 0 heterocycles. The molecular weight excluding hydrogens is 649 g/mol. The van der Waals surface area contributed by atoms with Crippen LogP contribution in [0.5, 0.6) is 0 Å². The van der Waals surface area contributed by atoms with Gasteiger partial charge in [0.1, 0.15) is 12.7 Å². The number of carboxylic acids is 1. The van der Waals surface area contributed by atoms with Gasteiger partial charge in [-0.25, -0.2) is 9.36 Å². The van der Waals surface area contributed by atoms with Crippen LogP contribution in [0.2, 0.25) is 0 Å². The van der Waals surface area contributed by atoms with E-state index in [-0.39, 0.29) is 12.8 Å². The van der Waals surface area contributed by atoms with Crippen LogP contribution in [0.3, 0.4) is 0 Å². The number of carboxylic acid groups (broad SMARTS) is 1. The van der Waals surface area contributed by atoms with E-state index in [1.54, 1.807) is 0 Å². The molecule has 0 aromatic heterocycles. The smallest absolute Gasteiger partial charge is 0.472 e. The number of esters is 1. The molecule has 0 spiro atoms. The normalized spacial score (nSPS) is 13.9. The van der Waals surface area contributed by atoms with Crippen molar-refractivity contribution in [2.24, 2.45) is 0 Å². The zero-order chi connectivity index (χ0) is 36.4. The first kappa shape index (κ1) is 47.5. The molecule has 0 aliphatic heterocycles. The average molecular weight is 722 g/mol. The van der Waals surface area contributed by atoms with Crippen LogP contribution < -0.4 is 5.32 Å². The van der Waals surface area contributed by atoms with E-state index in [0.29, 0.717) is 12.8 Å². The number of aliphatic hydroxyl groups is 1. The van der Waals surface area contributed by atoms with Crippen molar-refractivity contribution in [3.63, 3.8) is 0 Å². The second kappa shape index (κ2) is 33.6. The predicted octanol–water partition coefficient (Wildman–Crippen LogP) is 9.17. The first-order valence-corrected chi connectivity index (χ1v) is 21.1.